The van der Waals surface area contributed by atoms with E-state index in [1.165, 1.54) is 13.2 Å². The number of rotatable bonds is 5. The van der Waals surface area contributed by atoms with Gasteiger partial charge in [-0.2, -0.15) is 18.7 Å². The van der Waals surface area contributed by atoms with Crippen LogP contribution < -0.4 is 16.5 Å². The van der Waals surface area contributed by atoms with Crippen LogP contribution in [-0.2, 0) is 20.5 Å². The average molecular weight is 457 g/mol. The van der Waals surface area contributed by atoms with Crippen LogP contribution in [0.3, 0.4) is 0 Å². The van der Waals surface area contributed by atoms with Crippen LogP contribution in [0.15, 0.2) is 23.9 Å². The first-order chi connectivity index (χ1) is 13.7. The van der Waals surface area contributed by atoms with Crippen molar-refractivity contribution < 1.29 is 27.5 Å². The number of methoxy groups -OCH3 is 1. The number of hydrogen-bond donors (Lipinski definition) is 4. The Bertz CT molecular complexity index is 749. The van der Waals surface area contributed by atoms with E-state index in [-0.39, 0.29) is 34.6 Å². The highest BCUT2D eigenvalue weighted by Gasteiger charge is 2.36. The molecule has 2 rings (SSSR count). The number of benzene rings is 1. The van der Waals surface area contributed by atoms with Gasteiger partial charge < -0.3 is 30.8 Å². The molecule has 1 aliphatic rings. The van der Waals surface area contributed by atoms with Crippen molar-refractivity contribution >= 4 is 35.1 Å². The van der Waals surface area contributed by atoms with Crippen molar-refractivity contribution in [2.24, 2.45) is 5.73 Å². The highest BCUT2D eigenvalue weighted by atomic mass is 35.5. The molecule has 0 saturated carbocycles. The van der Waals surface area contributed by atoms with Gasteiger partial charge in [-0.1, -0.05) is 23.2 Å². The van der Waals surface area contributed by atoms with E-state index < -0.39 is 30.2 Å². The molecule has 1 aliphatic heterocycles. The van der Waals surface area contributed by atoms with Gasteiger partial charge in [0.1, 0.15) is 12.3 Å². The summed E-state index contributed by atoms with van der Waals surface area (Å²) in [6.07, 6.45) is -4.53. The third-order valence-electron chi connectivity index (χ3n) is 4.07. The van der Waals surface area contributed by atoms with Crippen LogP contribution in [0.25, 0.3) is 0 Å². The Balaban J connectivity index is 2.46. The summed E-state index contributed by atoms with van der Waals surface area (Å²) in [6, 6.07) is 1.79. The van der Waals surface area contributed by atoms with Crippen LogP contribution in [0.5, 0.6) is 0 Å². The second-order valence-corrected chi connectivity index (χ2v) is 6.89. The molecular weight excluding hydrogens is 436 g/mol. The van der Waals surface area contributed by atoms with E-state index in [0.717, 1.165) is 18.3 Å². The Morgan fingerprint density at radius 2 is 2.07 bits per heavy atom. The summed E-state index contributed by atoms with van der Waals surface area (Å²) < 4.78 is 51.7. The fourth-order valence-electron chi connectivity index (χ4n) is 2.72. The number of nitrogens with one attached hydrogen (secondary N) is 3. The van der Waals surface area contributed by atoms with Gasteiger partial charge in [-0.15, -0.1) is 0 Å². The van der Waals surface area contributed by atoms with E-state index in [1.54, 1.807) is 0 Å². The van der Waals surface area contributed by atoms with Gasteiger partial charge >= 0.3 is 6.18 Å². The van der Waals surface area contributed by atoms with E-state index >= 15 is 0 Å². The standard InChI is InChI=1S/C17H21Cl2F3N4O3/c1-27-14-3-5-28-25-8-15(24)29-16(14)12(2-4-23)26-13-7-11(19)10(18)6-9(13)17(20,21)22/h2,4,6-7,14-16,23,25-26H,3,5,8,24H2,1H3/b12-2-,23-4?/t14-,15?,16?/m0/s1. The number of nitrogens with two attached hydrogens (primary N) is 1. The monoisotopic (exact) mass is 456 g/mol. The zero-order valence-corrected chi connectivity index (χ0v) is 16.9. The molecule has 1 heterocycles. The van der Waals surface area contributed by atoms with Crippen molar-refractivity contribution in [2.45, 2.75) is 31.0 Å². The fraction of sp³-hybridized carbons (Fsp3) is 0.471. The first-order valence-electron chi connectivity index (χ1n) is 8.49. The molecule has 1 saturated heterocycles. The molecule has 1 aromatic carbocycles. The van der Waals surface area contributed by atoms with Crippen LogP contribution in [0.4, 0.5) is 18.9 Å². The Labute approximate surface area is 175 Å². The van der Waals surface area contributed by atoms with Crippen molar-refractivity contribution in [1.29, 1.82) is 5.41 Å². The highest BCUT2D eigenvalue weighted by Crippen LogP contribution is 2.40. The van der Waals surface area contributed by atoms with Crippen molar-refractivity contribution in [1.82, 2.24) is 5.48 Å². The summed E-state index contributed by atoms with van der Waals surface area (Å²) in [5, 5.41) is 9.78. The first kappa shape index (κ1) is 23.9. The third kappa shape index (κ3) is 6.54. The molecule has 12 heteroatoms. The highest BCUT2D eigenvalue weighted by molar-refractivity contribution is 6.42. The second-order valence-electron chi connectivity index (χ2n) is 6.08. The van der Waals surface area contributed by atoms with E-state index in [0.29, 0.717) is 6.42 Å². The van der Waals surface area contributed by atoms with Crippen LogP contribution in [0.2, 0.25) is 10.0 Å². The molecule has 29 heavy (non-hydrogen) atoms. The Kier molecular flexibility index (Phi) is 8.71. The van der Waals surface area contributed by atoms with Crippen molar-refractivity contribution in [3.63, 3.8) is 0 Å². The molecule has 1 aromatic rings. The Morgan fingerprint density at radius 3 is 2.69 bits per heavy atom. The second kappa shape index (κ2) is 10.6. The summed E-state index contributed by atoms with van der Waals surface area (Å²) in [7, 11) is 1.43. The lowest BCUT2D eigenvalue weighted by Gasteiger charge is -2.30. The normalized spacial score (nSPS) is 24.4. The van der Waals surface area contributed by atoms with Crippen molar-refractivity contribution in [3.8, 4) is 0 Å². The third-order valence-corrected chi connectivity index (χ3v) is 4.79. The van der Waals surface area contributed by atoms with E-state index in [9.17, 15) is 13.2 Å². The van der Waals surface area contributed by atoms with Crippen LogP contribution in [-0.4, -0.2) is 44.9 Å². The van der Waals surface area contributed by atoms with Crippen molar-refractivity contribution in [3.05, 3.63) is 39.5 Å². The Morgan fingerprint density at radius 1 is 1.38 bits per heavy atom. The summed E-state index contributed by atoms with van der Waals surface area (Å²) in [5.74, 6) is 0. The number of halogens is 5. The van der Waals surface area contributed by atoms with Crippen LogP contribution >= 0.6 is 23.2 Å². The Hall–Kier alpha value is -1.40. The topological polar surface area (TPSA) is 102 Å². The largest absolute Gasteiger partial charge is 0.418 e. The number of anilines is 1. The predicted molar refractivity (Wildman–Crippen MR) is 104 cm³/mol. The maximum absolute atomic E-state index is 13.5. The molecule has 0 radical (unpaired) electrons. The minimum atomic E-state index is -4.69. The molecule has 0 aliphatic carbocycles. The molecule has 0 aromatic heterocycles. The molecule has 2 unspecified atom stereocenters. The summed E-state index contributed by atoms with van der Waals surface area (Å²) in [4.78, 5) is 5.20. The molecular formula is C17H21Cl2F3N4O3. The van der Waals surface area contributed by atoms with E-state index in [1.807, 2.05) is 0 Å². The van der Waals surface area contributed by atoms with E-state index in [4.69, 9.17) is 48.7 Å². The number of allylic oxidation sites excluding steroid dienone is 1. The first-order valence-corrected chi connectivity index (χ1v) is 9.25. The summed E-state index contributed by atoms with van der Waals surface area (Å²) in [5.41, 5.74) is 7.30. The van der Waals surface area contributed by atoms with E-state index in [2.05, 4.69) is 10.8 Å². The zero-order chi connectivity index (χ0) is 21.6. The number of hydroxylamine groups is 1. The molecule has 162 valence electrons. The van der Waals surface area contributed by atoms with Gasteiger partial charge in [0.15, 0.2) is 0 Å². The van der Waals surface area contributed by atoms with Gasteiger partial charge in [0, 0.05) is 25.4 Å². The lowest BCUT2D eigenvalue weighted by atomic mass is 10.1. The van der Waals surface area contributed by atoms with Crippen LogP contribution in [0.1, 0.15) is 12.0 Å². The predicted octanol–water partition coefficient (Wildman–Crippen LogP) is 3.57. The quantitative estimate of drug-likeness (QED) is 0.505. The smallest absolute Gasteiger partial charge is 0.378 e. The molecule has 0 amide bonds. The van der Waals surface area contributed by atoms with Gasteiger partial charge in [-0.25, -0.2) is 0 Å². The molecule has 3 atom stereocenters. The minimum absolute atomic E-state index is 0.0654. The van der Waals surface area contributed by atoms with Gasteiger partial charge in [-0.3, -0.25) is 0 Å². The van der Waals surface area contributed by atoms with Gasteiger partial charge in [0.05, 0.1) is 40.6 Å². The molecule has 7 nitrogen and oxygen atoms in total. The number of ether oxygens (including phenoxy) is 2. The molecule has 0 spiro atoms. The summed E-state index contributed by atoms with van der Waals surface area (Å²) in [6.45, 7) is 0.398. The summed E-state index contributed by atoms with van der Waals surface area (Å²) >= 11 is 11.7. The maximum Gasteiger partial charge on any atom is 0.418 e. The zero-order valence-electron chi connectivity index (χ0n) is 15.4. The van der Waals surface area contributed by atoms with Gasteiger partial charge in [0.25, 0.3) is 0 Å². The van der Waals surface area contributed by atoms with Gasteiger partial charge in [0.2, 0.25) is 0 Å². The molecule has 5 N–H and O–H groups in total. The van der Waals surface area contributed by atoms with Crippen molar-refractivity contribution in [2.75, 3.05) is 25.6 Å². The minimum Gasteiger partial charge on any atom is -0.378 e. The lowest BCUT2D eigenvalue weighted by Crippen LogP contribution is -2.43. The average Bonchev–Trinajstić information content (AvgIpc) is 2.73. The number of hydrogen-bond acceptors (Lipinski definition) is 7. The van der Waals surface area contributed by atoms with Gasteiger partial charge in [-0.05, 0) is 18.2 Å². The number of alkyl halides is 3. The SMILES string of the molecule is CO[C@H]1CCONCC(N)OC1/C(=C/C=N)Nc1cc(Cl)c(Cl)cc1C(F)(F)F. The lowest BCUT2D eigenvalue weighted by molar-refractivity contribution is -0.137. The van der Waals surface area contributed by atoms with Crippen LogP contribution in [0, 0.1) is 5.41 Å². The molecule has 1 fully saturated rings. The maximum atomic E-state index is 13.5. The molecule has 0 bridgehead atoms. The fourth-order valence-corrected chi connectivity index (χ4v) is 3.04.